The fourth-order valence-corrected chi connectivity index (χ4v) is 1.11. The molecule has 0 unspecified atom stereocenters. The van der Waals surface area contributed by atoms with Gasteiger partial charge in [-0.15, -0.1) is 0 Å². The molecule has 0 saturated carbocycles. The van der Waals surface area contributed by atoms with Crippen LogP contribution in [0.5, 0.6) is 0 Å². The second-order valence-corrected chi connectivity index (χ2v) is 5.05. The molecule has 0 fully saturated rings. The molecule has 4 heteroatoms. The molecule has 0 aliphatic carbocycles. The van der Waals surface area contributed by atoms with Crippen LogP contribution in [0.3, 0.4) is 0 Å². The first kappa shape index (κ1) is 11.0. The van der Waals surface area contributed by atoms with Crippen molar-refractivity contribution in [1.82, 2.24) is 10.1 Å². The van der Waals surface area contributed by atoms with Gasteiger partial charge in [0.05, 0.1) is 0 Å². The first-order valence-electron chi connectivity index (χ1n) is 4.96. The summed E-state index contributed by atoms with van der Waals surface area (Å²) in [6.07, 6.45) is 0.830. The van der Waals surface area contributed by atoms with Crippen LogP contribution < -0.4 is 5.32 Å². The van der Waals surface area contributed by atoms with Gasteiger partial charge in [-0.05, 0) is 19.3 Å². The van der Waals surface area contributed by atoms with Gasteiger partial charge < -0.3 is 9.84 Å². The Morgan fingerprint density at radius 1 is 1.36 bits per heavy atom. The molecule has 0 radical (unpaired) electrons. The van der Waals surface area contributed by atoms with Crippen molar-refractivity contribution in [2.75, 3.05) is 5.32 Å². The summed E-state index contributed by atoms with van der Waals surface area (Å²) in [6.45, 7) is 10.5. The van der Waals surface area contributed by atoms with Crippen LogP contribution >= 0.6 is 0 Å². The summed E-state index contributed by atoms with van der Waals surface area (Å²) in [6, 6.07) is 0.831. The van der Waals surface area contributed by atoms with Crippen LogP contribution in [0.1, 0.15) is 40.4 Å². The van der Waals surface area contributed by atoms with E-state index >= 15 is 0 Å². The van der Waals surface area contributed by atoms with Gasteiger partial charge >= 0.3 is 6.01 Å². The normalized spacial score (nSPS) is 12.1. The van der Waals surface area contributed by atoms with Gasteiger partial charge in [-0.3, -0.25) is 0 Å². The molecule has 4 nitrogen and oxygen atoms in total. The number of rotatable bonds is 3. The molecule has 0 bridgehead atoms. The fraction of sp³-hybridized carbons (Fsp3) is 0.800. The maximum absolute atomic E-state index is 5.05. The van der Waals surface area contributed by atoms with E-state index < -0.39 is 0 Å². The van der Waals surface area contributed by atoms with Crippen LogP contribution in [0, 0.1) is 5.41 Å². The molecule has 0 atom stereocenters. The number of hydrogen-bond acceptors (Lipinski definition) is 4. The monoisotopic (exact) mass is 197 g/mol. The van der Waals surface area contributed by atoms with Crippen molar-refractivity contribution >= 4 is 6.01 Å². The summed E-state index contributed by atoms with van der Waals surface area (Å²) >= 11 is 0. The Bertz CT molecular complexity index is 286. The lowest BCUT2D eigenvalue weighted by atomic mass is 9.92. The van der Waals surface area contributed by atoms with Crippen molar-refractivity contribution in [2.45, 2.75) is 47.1 Å². The highest BCUT2D eigenvalue weighted by Gasteiger charge is 2.16. The van der Waals surface area contributed by atoms with Gasteiger partial charge in [-0.2, -0.15) is 4.98 Å². The standard InChI is InChI=1S/C10H19N3O/c1-7(2)11-9-12-8(13-14-9)6-10(3,4)5/h7H,6H2,1-5H3,(H,11,12,13). The maximum atomic E-state index is 5.05. The van der Waals surface area contributed by atoms with E-state index in [-0.39, 0.29) is 5.41 Å². The number of anilines is 1. The van der Waals surface area contributed by atoms with E-state index in [2.05, 4.69) is 36.2 Å². The van der Waals surface area contributed by atoms with Gasteiger partial charge in [0.15, 0.2) is 5.82 Å². The van der Waals surface area contributed by atoms with Crippen LogP contribution in [0.25, 0.3) is 0 Å². The van der Waals surface area contributed by atoms with Gasteiger partial charge in [0.25, 0.3) is 0 Å². The van der Waals surface area contributed by atoms with Crippen molar-refractivity contribution in [3.8, 4) is 0 Å². The first-order chi connectivity index (χ1) is 6.37. The summed E-state index contributed by atoms with van der Waals surface area (Å²) in [5, 5.41) is 6.98. The average Bonchev–Trinajstić information content (AvgIpc) is 2.30. The van der Waals surface area contributed by atoms with Crippen LogP contribution in [0.15, 0.2) is 4.52 Å². The first-order valence-corrected chi connectivity index (χ1v) is 4.96. The molecule has 1 aromatic rings. The topological polar surface area (TPSA) is 51.0 Å². The minimum absolute atomic E-state index is 0.193. The van der Waals surface area contributed by atoms with Crippen molar-refractivity contribution in [1.29, 1.82) is 0 Å². The summed E-state index contributed by atoms with van der Waals surface area (Å²) in [4.78, 5) is 4.25. The summed E-state index contributed by atoms with van der Waals surface area (Å²) in [7, 11) is 0. The van der Waals surface area contributed by atoms with Gasteiger partial charge in [0.1, 0.15) is 0 Å². The van der Waals surface area contributed by atoms with E-state index in [0.29, 0.717) is 12.1 Å². The van der Waals surface area contributed by atoms with E-state index in [1.165, 1.54) is 0 Å². The molecule has 0 aliphatic heterocycles. The number of nitrogens with one attached hydrogen (secondary N) is 1. The molecule has 0 aromatic carbocycles. The summed E-state index contributed by atoms with van der Waals surface area (Å²) in [5.74, 6) is 0.764. The molecule has 1 rings (SSSR count). The second kappa shape index (κ2) is 3.98. The Labute approximate surface area is 85.1 Å². The Kier molecular flexibility index (Phi) is 3.13. The predicted molar refractivity (Wildman–Crippen MR) is 56.2 cm³/mol. The molecular weight excluding hydrogens is 178 g/mol. The zero-order valence-corrected chi connectivity index (χ0v) is 9.59. The van der Waals surface area contributed by atoms with Gasteiger partial charge in [0.2, 0.25) is 0 Å². The lowest BCUT2D eigenvalue weighted by Crippen LogP contribution is -2.11. The second-order valence-electron chi connectivity index (χ2n) is 5.05. The minimum atomic E-state index is 0.193. The van der Waals surface area contributed by atoms with Crippen LogP contribution in [-0.4, -0.2) is 16.2 Å². The molecule has 0 aliphatic rings. The lowest BCUT2D eigenvalue weighted by Gasteiger charge is -2.14. The molecule has 0 amide bonds. The third-order valence-electron chi connectivity index (χ3n) is 1.57. The fourth-order valence-electron chi connectivity index (χ4n) is 1.11. The molecule has 1 aromatic heterocycles. The van der Waals surface area contributed by atoms with E-state index in [9.17, 15) is 0 Å². The molecule has 1 heterocycles. The SMILES string of the molecule is CC(C)Nc1nc(CC(C)(C)C)no1. The lowest BCUT2D eigenvalue weighted by molar-refractivity contribution is 0.374. The van der Waals surface area contributed by atoms with E-state index in [4.69, 9.17) is 4.52 Å². The van der Waals surface area contributed by atoms with Crippen molar-refractivity contribution < 1.29 is 4.52 Å². The third-order valence-corrected chi connectivity index (χ3v) is 1.57. The molecule has 0 saturated heterocycles. The van der Waals surface area contributed by atoms with Gasteiger partial charge in [-0.25, -0.2) is 0 Å². The maximum Gasteiger partial charge on any atom is 0.321 e. The summed E-state index contributed by atoms with van der Waals surface area (Å²) in [5.41, 5.74) is 0.193. The highest BCUT2D eigenvalue weighted by molar-refractivity contribution is 5.19. The Morgan fingerprint density at radius 3 is 2.50 bits per heavy atom. The highest BCUT2D eigenvalue weighted by Crippen LogP contribution is 2.19. The smallest absolute Gasteiger partial charge is 0.321 e. The number of aromatic nitrogens is 2. The Morgan fingerprint density at radius 2 is 2.00 bits per heavy atom. The molecule has 1 N–H and O–H groups in total. The van der Waals surface area contributed by atoms with E-state index in [0.717, 1.165) is 12.2 Å². The molecular formula is C10H19N3O. The minimum Gasteiger partial charge on any atom is -0.336 e. The van der Waals surface area contributed by atoms with Gasteiger partial charge in [-0.1, -0.05) is 25.9 Å². The van der Waals surface area contributed by atoms with Crippen LogP contribution in [0.4, 0.5) is 6.01 Å². The molecule has 80 valence electrons. The Balaban J connectivity index is 2.60. The molecule has 14 heavy (non-hydrogen) atoms. The largest absolute Gasteiger partial charge is 0.336 e. The zero-order valence-electron chi connectivity index (χ0n) is 9.59. The predicted octanol–water partition coefficient (Wildman–Crippen LogP) is 2.48. The quantitative estimate of drug-likeness (QED) is 0.808. The van der Waals surface area contributed by atoms with Crippen LogP contribution in [0.2, 0.25) is 0 Å². The van der Waals surface area contributed by atoms with Gasteiger partial charge in [0, 0.05) is 12.5 Å². The summed E-state index contributed by atoms with van der Waals surface area (Å²) < 4.78 is 5.05. The number of hydrogen-bond donors (Lipinski definition) is 1. The van der Waals surface area contributed by atoms with E-state index in [1.54, 1.807) is 0 Å². The zero-order chi connectivity index (χ0) is 10.8. The van der Waals surface area contributed by atoms with Crippen molar-refractivity contribution in [2.24, 2.45) is 5.41 Å². The van der Waals surface area contributed by atoms with Crippen molar-refractivity contribution in [3.63, 3.8) is 0 Å². The molecule has 0 spiro atoms. The van der Waals surface area contributed by atoms with Crippen molar-refractivity contribution in [3.05, 3.63) is 5.82 Å². The van der Waals surface area contributed by atoms with Crippen LogP contribution in [-0.2, 0) is 6.42 Å². The third kappa shape index (κ3) is 3.77. The van der Waals surface area contributed by atoms with E-state index in [1.807, 2.05) is 13.8 Å². The number of nitrogens with zero attached hydrogens (tertiary/aromatic N) is 2. The Hall–Kier alpha value is -1.06. The highest BCUT2D eigenvalue weighted by atomic mass is 16.5. The average molecular weight is 197 g/mol.